The number of rotatable bonds is 6. The number of amides is 1. The smallest absolute Gasteiger partial charge is 0.329 e. The summed E-state index contributed by atoms with van der Waals surface area (Å²) in [5.41, 5.74) is 5.01. The first-order valence-electron chi connectivity index (χ1n) is 8.16. The Kier molecular flexibility index (Phi) is 5.46. The van der Waals surface area contributed by atoms with Crippen molar-refractivity contribution in [3.8, 4) is 17.1 Å². The number of anilines is 1. The maximum atomic E-state index is 12.1. The number of aromatic nitrogens is 2. The normalized spacial score (nSPS) is 10.8. The Hall–Kier alpha value is -3.68. The minimum Gasteiger partial charge on any atom is -0.497 e. The zero-order chi connectivity index (χ0) is 19.2. The summed E-state index contributed by atoms with van der Waals surface area (Å²) in [7, 11) is 5.52. The van der Waals surface area contributed by atoms with Gasteiger partial charge in [0.15, 0.2) is 0 Å². The van der Waals surface area contributed by atoms with Gasteiger partial charge in [-0.2, -0.15) is 10.1 Å². The summed E-state index contributed by atoms with van der Waals surface area (Å²) in [6, 6.07) is 14.8. The van der Waals surface area contributed by atoms with E-state index in [4.69, 9.17) is 9.26 Å². The molecule has 0 aliphatic rings. The first-order chi connectivity index (χ1) is 13.1. The van der Waals surface area contributed by atoms with Crippen molar-refractivity contribution in [2.45, 2.75) is 0 Å². The van der Waals surface area contributed by atoms with E-state index in [0.29, 0.717) is 17.1 Å². The van der Waals surface area contributed by atoms with Gasteiger partial charge in [0.05, 0.1) is 13.3 Å². The summed E-state index contributed by atoms with van der Waals surface area (Å²) in [5, 5.41) is 7.73. The summed E-state index contributed by atoms with van der Waals surface area (Å²) < 4.78 is 10.1. The molecule has 3 aromatic rings. The summed E-state index contributed by atoms with van der Waals surface area (Å²) in [6.07, 6.45) is 1.54. The fourth-order valence-corrected chi connectivity index (χ4v) is 2.24. The third-order valence-corrected chi connectivity index (χ3v) is 3.76. The minimum atomic E-state index is -0.580. The number of nitrogens with one attached hydrogen (secondary N) is 1. The largest absolute Gasteiger partial charge is 0.497 e. The van der Waals surface area contributed by atoms with E-state index in [2.05, 4.69) is 20.7 Å². The molecule has 2 aromatic carbocycles. The molecule has 0 aliphatic heterocycles. The Morgan fingerprint density at radius 3 is 2.48 bits per heavy atom. The fraction of sp³-hybridized carbons (Fsp3) is 0.158. The first-order valence-corrected chi connectivity index (χ1v) is 8.16. The van der Waals surface area contributed by atoms with Gasteiger partial charge >= 0.3 is 11.8 Å². The second-order valence-electron chi connectivity index (χ2n) is 5.84. The zero-order valence-corrected chi connectivity index (χ0v) is 15.2. The molecule has 8 nitrogen and oxygen atoms in total. The second kappa shape index (κ2) is 8.13. The lowest BCUT2D eigenvalue weighted by Crippen LogP contribution is -2.18. The van der Waals surface area contributed by atoms with Gasteiger partial charge in [0, 0.05) is 25.3 Å². The predicted molar refractivity (Wildman–Crippen MR) is 102 cm³/mol. The van der Waals surface area contributed by atoms with Gasteiger partial charge in [0.25, 0.3) is 0 Å². The highest BCUT2D eigenvalue weighted by Crippen LogP contribution is 2.19. The van der Waals surface area contributed by atoms with Crippen molar-refractivity contribution in [1.82, 2.24) is 15.6 Å². The minimum absolute atomic E-state index is 0.166. The van der Waals surface area contributed by atoms with Gasteiger partial charge in [0.2, 0.25) is 5.82 Å². The molecule has 0 spiro atoms. The van der Waals surface area contributed by atoms with Crippen LogP contribution in [-0.4, -0.2) is 43.5 Å². The van der Waals surface area contributed by atoms with Crippen LogP contribution in [0.25, 0.3) is 11.4 Å². The van der Waals surface area contributed by atoms with E-state index in [9.17, 15) is 4.79 Å². The summed E-state index contributed by atoms with van der Waals surface area (Å²) in [6.45, 7) is 0. The number of carbonyl (C=O) groups is 1. The summed E-state index contributed by atoms with van der Waals surface area (Å²) >= 11 is 0. The third kappa shape index (κ3) is 4.49. The predicted octanol–water partition coefficient (Wildman–Crippen LogP) is 2.58. The Labute approximate surface area is 156 Å². The number of nitrogens with zero attached hydrogens (tertiary/aromatic N) is 4. The number of hydrogen-bond acceptors (Lipinski definition) is 7. The van der Waals surface area contributed by atoms with E-state index in [1.54, 1.807) is 31.4 Å². The van der Waals surface area contributed by atoms with Gasteiger partial charge in [-0.25, -0.2) is 5.43 Å². The maximum Gasteiger partial charge on any atom is 0.329 e. The van der Waals surface area contributed by atoms with E-state index in [1.807, 2.05) is 43.3 Å². The van der Waals surface area contributed by atoms with Gasteiger partial charge in [-0.3, -0.25) is 4.79 Å². The van der Waals surface area contributed by atoms with Crippen molar-refractivity contribution < 1.29 is 14.1 Å². The van der Waals surface area contributed by atoms with Gasteiger partial charge in [0.1, 0.15) is 5.75 Å². The van der Waals surface area contributed by atoms with Gasteiger partial charge in [-0.15, -0.1) is 0 Å². The molecule has 0 fully saturated rings. The lowest BCUT2D eigenvalue weighted by Gasteiger charge is -2.11. The molecule has 1 heterocycles. The highest BCUT2D eigenvalue weighted by Gasteiger charge is 2.15. The number of carbonyl (C=O) groups excluding carboxylic acids is 1. The molecule has 1 aromatic heterocycles. The van der Waals surface area contributed by atoms with Crippen LogP contribution in [0.3, 0.4) is 0 Å². The molecular weight excluding hydrogens is 346 g/mol. The van der Waals surface area contributed by atoms with Crippen LogP contribution in [-0.2, 0) is 0 Å². The molecule has 0 atom stereocenters. The number of hydrogen-bond donors (Lipinski definition) is 1. The number of ether oxygens (including phenoxy) is 1. The maximum absolute atomic E-state index is 12.1. The molecule has 0 saturated carbocycles. The average Bonchev–Trinajstić information content (AvgIpc) is 3.19. The van der Waals surface area contributed by atoms with Gasteiger partial charge in [-0.05, 0) is 42.0 Å². The van der Waals surface area contributed by atoms with Crippen LogP contribution in [0.2, 0.25) is 0 Å². The molecule has 3 rings (SSSR count). The highest BCUT2D eigenvalue weighted by atomic mass is 16.5. The zero-order valence-electron chi connectivity index (χ0n) is 15.2. The Bertz CT molecular complexity index is 931. The van der Waals surface area contributed by atoms with Crippen molar-refractivity contribution in [2.75, 3.05) is 26.1 Å². The molecule has 0 radical (unpaired) electrons. The molecule has 0 saturated heterocycles. The molecular formula is C19H19N5O3. The van der Waals surface area contributed by atoms with E-state index >= 15 is 0 Å². The lowest BCUT2D eigenvalue weighted by atomic mass is 10.2. The quantitative estimate of drug-likeness (QED) is 0.533. The third-order valence-electron chi connectivity index (χ3n) is 3.76. The Morgan fingerprint density at radius 2 is 1.85 bits per heavy atom. The highest BCUT2D eigenvalue weighted by molar-refractivity contribution is 5.91. The number of methoxy groups -OCH3 is 1. The standard InChI is InChI=1S/C19H19N5O3/c1-24(2)15-8-4-13(5-9-15)12-20-22-18(25)19-21-17(23-27-19)14-6-10-16(26-3)11-7-14/h4-12H,1-3H3,(H,22,25)/b20-12+. The summed E-state index contributed by atoms with van der Waals surface area (Å²) in [4.78, 5) is 18.2. The SMILES string of the molecule is COc1ccc(-c2noc(C(=O)N/N=C/c3ccc(N(C)C)cc3)n2)cc1. The molecule has 0 bridgehead atoms. The van der Waals surface area contributed by atoms with Crippen molar-refractivity contribution in [3.05, 3.63) is 60.0 Å². The number of hydrazone groups is 1. The van der Waals surface area contributed by atoms with Crippen molar-refractivity contribution in [1.29, 1.82) is 0 Å². The number of benzene rings is 2. The monoisotopic (exact) mass is 365 g/mol. The van der Waals surface area contributed by atoms with Crippen molar-refractivity contribution >= 4 is 17.8 Å². The van der Waals surface area contributed by atoms with Crippen molar-refractivity contribution in [2.24, 2.45) is 5.10 Å². The average molecular weight is 365 g/mol. The van der Waals surface area contributed by atoms with Crippen LogP contribution in [0.15, 0.2) is 58.2 Å². The topological polar surface area (TPSA) is 92.8 Å². The van der Waals surface area contributed by atoms with Crippen LogP contribution in [0, 0.1) is 0 Å². The molecule has 8 heteroatoms. The Morgan fingerprint density at radius 1 is 1.15 bits per heavy atom. The molecule has 1 amide bonds. The first kappa shape index (κ1) is 18.1. The van der Waals surface area contributed by atoms with E-state index in [1.165, 1.54) is 6.21 Å². The second-order valence-corrected chi connectivity index (χ2v) is 5.84. The van der Waals surface area contributed by atoms with E-state index < -0.39 is 5.91 Å². The molecule has 138 valence electrons. The van der Waals surface area contributed by atoms with Gasteiger partial charge < -0.3 is 14.2 Å². The van der Waals surface area contributed by atoms with E-state index in [0.717, 1.165) is 11.3 Å². The molecule has 1 N–H and O–H groups in total. The molecule has 0 aliphatic carbocycles. The van der Waals surface area contributed by atoms with E-state index in [-0.39, 0.29) is 5.89 Å². The molecule has 27 heavy (non-hydrogen) atoms. The van der Waals surface area contributed by atoms with Crippen LogP contribution >= 0.6 is 0 Å². The van der Waals surface area contributed by atoms with Crippen LogP contribution in [0.5, 0.6) is 5.75 Å². The van der Waals surface area contributed by atoms with Crippen LogP contribution < -0.4 is 15.1 Å². The van der Waals surface area contributed by atoms with Gasteiger partial charge in [-0.1, -0.05) is 17.3 Å². The lowest BCUT2D eigenvalue weighted by molar-refractivity contribution is 0.0911. The van der Waals surface area contributed by atoms with Crippen LogP contribution in [0.4, 0.5) is 5.69 Å². The Balaban J connectivity index is 1.62. The fourth-order valence-electron chi connectivity index (χ4n) is 2.24. The summed E-state index contributed by atoms with van der Waals surface area (Å²) in [5.74, 6) is 0.281. The van der Waals surface area contributed by atoms with Crippen LogP contribution in [0.1, 0.15) is 16.2 Å². The molecule has 0 unspecified atom stereocenters. The van der Waals surface area contributed by atoms with Crippen molar-refractivity contribution in [3.63, 3.8) is 0 Å².